The van der Waals surface area contributed by atoms with Crippen molar-refractivity contribution in [3.8, 4) is 17.6 Å². The number of methoxy groups -OCH3 is 1. The molecule has 1 unspecified atom stereocenters. The third kappa shape index (κ3) is 6.04. The number of hydroxylamine groups is 1. The number of pyridine rings is 1. The summed E-state index contributed by atoms with van der Waals surface area (Å²) in [7, 11) is 5.29. The normalized spacial score (nSPS) is 16.0. The minimum atomic E-state index is -1.33. The highest BCUT2D eigenvalue weighted by Crippen LogP contribution is 2.42. The Morgan fingerprint density at radius 1 is 1.35 bits per heavy atom. The first-order chi connectivity index (χ1) is 17.9. The van der Waals surface area contributed by atoms with Gasteiger partial charge in [-0.3, -0.25) is 19.9 Å². The Labute approximate surface area is 221 Å². The van der Waals surface area contributed by atoms with Crippen LogP contribution in [0.4, 0.5) is 10.1 Å². The Balaban J connectivity index is 1.50. The van der Waals surface area contributed by atoms with Gasteiger partial charge in [-0.1, -0.05) is 17.9 Å². The number of piperidine rings is 1. The predicted molar refractivity (Wildman–Crippen MR) is 145 cm³/mol. The van der Waals surface area contributed by atoms with Crippen molar-refractivity contribution >= 4 is 33.8 Å². The van der Waals surface area contributed by atoms with E-state index in [0.717, 1.165) is 4.88 Å². The van der Waals surface area contributed by atoms with Crippen LogP contribution in [0.25, 0.3) is 10.9 Å². The smallest absolute Gasteiger partial charge is 0.249 e. The largest absolute Gasteiger partial charge is 0.497 e. The van der Waals surface area contributed by atoms with E-state index in [1.807, 2.05) is 54.1 Å². The molecule has 3 heterocycles. The highest BCUT2D eigenvalue weighted by Gasteiger charge is 2.41. The number of amides is 1. The van der Waals surface area contributed by atoms with Crippen LogP contribution in [0, 0.1) is 17.3 Å². The first-order valence-electron chi connectivity index (χ1n) is 12.3. The fraction of sp³-hybridized carbons (Fsp3) is 0.429. The van der Waals surface area contributed by atoms with E-state index in [-0.39, 0.29) is 6.42 Å². The summed E-state index contributed by atoms with van der Waals surface area (Å²) in [5, 5.41) is 12.2. The Bertz CT molecular complexity index is 1280. The van der Waals surface area contributed by atoms with Crippen LogP contribution < -0.4 is 15.1 Å². The SMILES string of the molecule is COc1ccc2ncc(N(C)C)c(C(F)CCC3(C(=O)NO)CCN(CC#Cc4cccs4)CC3)c2c1. The minimum Gasteiger partial charge on any atom is -0.497 e. The molecule has 0 radical (unpaired) electrons. The average Bonchev–Trinajstić information content (AvgIpc) is 3.44. The molecule has 0 aliphatic carbocycles. The van der Waals surface area contributed by atoms with Crippen LogP contribution in [0.1, 0.15) is 42.3 Å². The molecule has 2 aromatic heterocycles. The van der Waals surface area contributed by atoms with Crippen molar-refractivity contribution in [1.82, 2.24) is 15.4 Å². The maximum atomic E-state index is 16.1. The van der Waals surface area contributed by atoms with Crippen molar-refractivity contribution in [2.75, 3.05) is 45.7 Å². The molecule has 9 heteroatoms. The summed E-state index contributed by atoms with van der Waals surface area (Å²) >= 11 is 1.61. The van der Waals surface area contributed by atoms with E-state index < -0.39 is 17.5 Å². The van der Waals surface area contributed by atoms with Crippen molar-refractivity contribution in [3.63, 3.8) is 0 Å². The lowest BCUT2D eigenvalue weighted by Crippen LogP contribution is -2.48. The van der Waals surface area contributed by atoms with Crippen molar-refractivity contribution in [3.05, 3.63) is 52.3 Å². The number of carbonyl (C=O) groups is 1. The highest BCUT2D eigenvalue weighted by atomic mass is 32.1. The number of hydrogen-bond donors (Lipinski definition) is 2. The molecule has 1 amide bonds. The van der Waals surface area contributed by atoms with Crippen LogP contribution in [-0.2, 0) is 4.79 Å². The summed E-state index contributed by atoms with van der Waals surface area (Å²) in [6, 6.07) is 9.40. The molecule has 37 heavy (non-hydrogen) atoms. The Hall–Kier alpha value is -3.19. The third-order valence-corrected chi connectivity index (χ3v) is 7.98. The van der Waals surface area contributed by atoms with Crippen LogP contribution in [-0.4, -0.2) is 61.8 Å². The summed E-state index contributed by atoms with van der Waals surface area (Å²) in [6.45, 7) is 1.92. The van der Waals surface area contributed by atoms with Gasteiger partial charge in [0.1, 0.15) is 11.9 Å². The predicted octanol–water partition coefficient (Wildman–Crippen LogP) is 4.80. The van der Waals surface area contributed by atoms with Crippen LogP contribution >= 0.6 is 11.3 Å². The first kappa shape index (κ1) is 26.9. The Kier molecular flexibility index (Phi) is 8.64. The van der Waals surface area contributed by atoms with Crippen LogP contribution in [0.2, 0.25) is 0 Å². The standard InChI is InChI=1S/C28H33FN4O3S/c1-32(2)25-19-30-24-9-8-20(36-3)18-22(24)26(25)23(29)10-11-28(27(34)31-35)12-15-33(16-13-28)14-4-6-21-7-5-17-37-21/h5,7-9,17-19,23,35H,10-16H2,1-3H3,(H,31,34). The second kappa shape index (κ2) is 11.9. The van der Waals surface area contributed by atoms with Crippen molar-refractivity contribution in [1.29, 1.82) is 0 Å². The molecule has 0 saturated carbocycles. The lowest BCUT2D eigenvalue weighted by Gasteiger charge is -2.40. The van der Waals surface area contributed by atoms with Gasteiger partial charge in [0.25, 0.3) is 0 Å². The lowest BCUT2D eigenvalue weighted by atomic mass is 9.73. The topological polar surface area (TPSA) is 77.9 Å². The van der Waals surface area contributed by atoms with Gasteiger partial charge in [0.2, 0.25) is 5.91 Å². The zero-order chi connectivity index (χ0) is 26.4. The second-order valence-corrected chi connectivity index (χ2v) is 10.6. The van der Waals surface area contributed by atoms with E-state index >= 15 is 4.39 Å². The van der Waals surface area contributed by atoms with Crippen LogP contribution in [0.5, 0.6) is 5.75 Å². The summed E-state index contributed by atoms with van der Waals surface area (Å²) < 4.78 is 21.4. The molecule has 0 spiro atoms. The fourth-order valence-electron chi connectivity index (χ4n) is 4.98. The van der Waals surface area contributed by atoms with Gasteiger partial charge in [0.15, 0.2) is 0 Å². The number of likely N-dealkylation sites (tertiary alicyclic amines) is 1. The van der Waals surface area contributed by atoms with Gasteiger partial charge in [-0.25, -0.2) is 9.87 Å². The molecule has 1 aromatic carbocycles. The second-order valence-electron chi connectivity index (χ2n) is 9.62. The number of nitrogens with one attached hydrogen (secondary N) is 1. The molecule has 1 atom stereocenters. The molecule has 7 nitrogen and oxygen atoms in total. The summed E-state index contributed by atoms with van der Waals surface area (Å²) in [5.41, 5.74) is 2.92. The van der Waals surface area contributed by atoms with E-state index in [1.54, 1.807) is 30.7 Å². The highest BCUT2D eigenvalue weighted by molar-refractivity contribution is 7.10. The number of anilines is 1. The molecule has 196 valence electrons. The lowest BCUT2D eigenvalue weighted by molar-refractivity contribution is -0.143. The molecular formula is C28H33FN4O3S. The van der Waals surface area contributed by atoms with E-state index in [1.165, 1.54) is 0 Å². The minimum absolute atomic E-state index is 0.142. The van der Waals surface area contributed by atoms with Gasteiger partial charge in [0, 0.05) is 38.1 Å². The quantitative estimate of drug-likeness (QED) is 0.250. The Morgan fingerprint density at radius 2 is 2.14 bits per heavy atom. The van der Waals surface area contributed by atoms with Crippen molar-refractivity contribution in [2.24, 2.45) is 5.41 Å². The van der Waals surface area contributed by atoms with Crippen molar-refractivity contribution < 1.29 is 19.1 Å². The number of halogens is 1. The maximum Gasteiger partial charge on any atom is 0.249 e. The van der Waals surface area contributed by atoms with Gasteiger partial charge < -0.3 is 9.64 Å². The average molecular weight is 525 g/mol. The number of alkyl halides is 1. The van der Waals surface area contributed by atoms with Crippen molar-refractivity contribution in [2.45, 2.75) is 31.9 Å². The van der Waals surface area contributed by atoms with Crippen LogP contribution in [0.3, 0.4) is 0 Å². The summed E-state index contributed by atoms with van der Waals surface area (Å²) in [5.74, 6) is 6.54. The molecule has 4 rings (SSSR count). The van der Waals surface area contributed by atoms with E-state index in [9.17, 15) is 10.0 Å². The molecule has 0 bridgehead atoms. The maximum absolute atomic E-state index is 16.1. The number of rotatable bonds is 8. The first-order valence-corrected chi connectivity index (χ1v) is 13.2. The number of benzene rings is 1. The Morgan fingerprint density at radius 3 is 2.78 bits per heavy atom. The van der Waals surface area contributed by atoms with E-state index in [4.69, 9.17) is 4.74 Å². The van der Waals surface area contributed by atoms with Crippen LogP contribution in [0.15, 0.2) is 41.9 Å². The van der Waals surface area contributed by atoms with Gasteiger partial charge in [0.05, 0.1) is 41.3 Å². The van der Waals surface area contributed by atoms with Gasteiger partial charge in [-0.05, 0) is 55.3 Å². The fourth-order valence-corrected chi connectivity index (χ4v) is 5.57. The number of hydrogen-bond acceptors (Lipinski definition) is 7. The monoisotopic (exact) mass is 524 g/mol. The molecule has 2 N–H and O–H groups in total. The molecule has 1 aliphatic heterocycles. The third-order valence-electron chi connectivity index (χ3n) is 7.20. The number of fused-ring (bicyclic) bond motifs is 1. The summed E-state index contributed by atoms with van der Waals surface area (Å²) in [4.78, 5) is 22.4. The molecular weight excluding hydrogens is 491 g/mol. The van der Waals surface area contributed by atoms with E-state index in [2.05, 4.69) is 21.7 Å². The molecule has 3 aromatic rings. The number of ether oxygens (including phenoxy) is 1. The number of nitrogens with zero attached hydrogens (tertiary/aromatic N) is 3. The van der Waals surface area contributed by atoms with E-state index in [0.29, 0.717) is 66.8 Å². The van der Waals surface area contributed by atoms with Gasteiger partial charge >= 0.3 is 0 Å². The number of aromatic nitrogens is 1. The number of carbonyl (C=O) groups excluding carboxylic acids is 1. The molecule has 1 fully saturated rings. The summed E-state index contributed by atoms with van der Waals surface area (Å²) in [6.07, 6.45) is 1.87. The van der Waals surface area contributed by atoms with Gasteiger partial charge in [-0.15, -0.1) is 11.3 Å². The van der Waals surface area contributed by atoms with Gasteiger partial charge in [-0.2, -0.15) is 0 Å². The molecule has 1 aliphatic rings. The zero-order valence-electron chi connectivity index (χ0n) is 21.5. The zero-order valence-corrected chi connectivity index (χ0v) is 22.3. The molecule has 1 saturated heterocycles. The number of thiophene rings is 1.